The number of benzene rings is 2. The summed E-state index contributed by atoms with van der Waals surface area (Å²) in [6.45, 7) is 3.72. The molecule has 112 valence electrons. The molecule has 4 nitrogen and oxygen atoms in total. The predicted molar refractivity (Wildman–Crippen MR) is 84.4 cm³/mol. The number of rotatable bonds is 0. The second-order valence-corrected chi connectivity index (χ2v) is 6.28. The van der Waals surface area contributed by atoms with E-state index in [1.54, 1.807) is 6.07 Å². The largest absolute Gasteiger partial charge is 0.484 e. The van der Waals surface area contributed by atoms with E-state index < -0.39 is 17.3 Å². The molecule has 0 radical (unpaired) electrons. The first-order chi connectivity index (χ1) is 10.5. The van der Waals surface area contributed by atoms with Crippen LogP contribution in [-0.4, -0.2) is 16.8 Å². The molecule has 1 unspecified atom stereocenters. The van der Waals surface area contributed by atoms with E-state index in [9.17, 15) is 9.90 Å². The first-order valence-electron chi connectivity index (χ1n) is 7.32. The Balaban J connectivity index is 2.20. The summed E-state index contributed by atoms with van der Waals surface area (Å²) in [6, 6.07) is 11.1. The van der Waals surface area contributed by atoms with Gasteiger partial charge in [0.05, 0.1) is 6.10 Å². The van der Waals surface area contributed by atoms with Crippen LogP contribution in [0.1, 0.15) is 19.4 Å². The van der Waals surface area contributed by atoms with Crippen molar-refractivity contribution in [3.63, 3.8) is 0 Å². The van der Waals surface area contributed by atoms with Crippen LogP contribution < -0.4 is 10.4 Å². The van der Waals surface area contributed by atoms with Crippen LogP contribution >= 0.6 is 0 Å². The van der Waals surface area contributed by atoms with E-state index in [-0.39, 0.29) is 0 Å². The lowest BCUT2D eigenvalue weighted by molar-refractivity contribution is -0.0398. The molecule has 4 heteroatoms. The Labute approximate surface area is 126 Å². The van der Waals surface area contributed by atoms with Gasteiger partial charge in [0, 0.05) is 28.8 Å². The first-order valence-corrected chi connectivity index (χ1v) is 7.32. The van der Waals surface area contributed by atoms with Crippen molar-refractivity contribution in [1.82, 2.24) is 0 Å². The summed E-state index contributed by atoms with van der Waals surface area (Å²) < 4.78 is 11.5. The maximum absolute atomic E-state index is 11.6. The van der Waals surface area contributed by atoms with Crippen molar-refractivity contribution in [2.75, 3.05) is 0 Å². The average molecular weight is 296 g/mol. The quantitative estimate of drug-likeness (QED) is 0.512. The Bertz CT molecular complexity index is 952. The number of hydrogen-bond donors (Lipinski definition) is 1. The van der Waals surface area contributed by atoms with Crippen LogP contribution in [-0.2, 0) is 6.42 Å². The third-order valence-corrected chi connectivity index (χ3v) is 4.41. The van der Waals surface area contributed by atoms with Crippen molar-refractivity contribution < 1.29 is 14.3 Å². The minimum absolute atomic E-state index is 0.399. The molecule has 0 bridgehead atoms. The van der Waals surface area contributed by atoms with E-state index in [2.05, 4.69) is 0 Å². The van der Waals surface area contributed by atoms with Gasteiger partial charge in [0.25, 0.3) is 0 Å². The van der Waals surface area contributed by atoms with Gasteiger partial charge in [-0.15, -0.1) is 0 Å². The summed E-state index contributed by atoms with van der Waals surface area (Å²) in [5.41, 5.74) is 0.191. The van der Waals surface area contributed by atoms with Gasteiger partial charge in [0.1, 0.15) is 16.9 Å². The molecule has 1 N–H and O–H groups in total. The van der Waals surface area contributed by atoms with Gasteiger partial charge < -0.3 is 14.3 Å². The van der Waals surface area contributed by atoms with E-state index in [4.69, 9.17) is 9.15 Å². The highest BCUT2D eigenvalue weighted by molar-refractivity contribution is 6.10. The van der Waals surface area contributed by atoms with Gasteiger partial charge in [-0.3, -0.25) is 0 Å². The highest BCUT2D eigenvalue weighted by Crippen LogP contribution is 2.43. The highest BCUT2D eigenvalue weighted by atomic mass is 16.5. The standard InChI is InChI=1S/C18H16O4/c1-18(2)14(19)9-13-16-12(7-8-15(20)21-16)10-5-3-4-6-11(10)17(13)22-18/h3-8,14,19H,9H2,1-2H3. The Morgan fingerprint density at radius 1 is 1.09 bits per heavy atom. The van der Waals surface area contributed by atoms with Crippen molar-refractivity contribution in [1.29, 1.82) is 0 Å². The fourth-order valence-corrected chi connectivity index (χ4v) is 3.11. The SMILES string of the molecule is CC1(C)Oc2c(c3oc(=O)ccc3c3ccccc23)CC1O. The van der Waals surface area contributed by atoms with Crippen molar-refractivity contribution >= 4 is 21.7 Å². The minimum Gasteiger partial charge on any atom is -0.484 e. The van der Waals surface area contributed by atoms with Crippen LogP contribution in [0.4, 0.5) is 0 Å². The molecule has 4 rings (SSSR count). The molecule has 0 amide bonds. The maximum Gasteiger partial charge on any atom is 0.336 e. The molecule has 0 saturated heterocycles. The van der Waals surface area contributed by atoms with Gasteiger partial charge in [0.2, 0.25) is 0 Å². The molecule has 0 aliphatic carbocycles. The van der Waals surface area contributed by atoms with Crippen LogP contribution in [0.5, 0.6) is 5.75 Å². The van der Waals surface area contributed by atoms with Crippen LogP contribution in [0, 0.1) is 0 Å². The molecule has 2 aromatic carbocycles. The molecule has 0 saturated carbocycles. The number of aliphatic hydroxyl groups is 1. The molecule has 0 spiro atoms. The Morgan fingerprint density at radius 2 is 1.82 bits per heavy atom. The lowest BCUT2D eigenvalue weighted by Gasteiger charge is -2.37. The van der Waals surface area contributed by atoms with E-state index in [0.29, 0.717) is 17.8 Å². The number of ether oxygens (including phenoxy) is 1. The van der Waals surface area contributed by atoms with E-state index in [1.165, 1.54) is 6.07 Å². The molecule has 0 fully saturated rings. The monoisotopic (exact) mass is 296 g/mol. The summed E-state index contributed by atoms with van der Waals surface area (Å²) >= 11 is 0. The molecule has 1 aliphatic heterocycles. The minimum atomic E-state index is -0.682. The summed E-state index contributed by atoms with van der Waals surface area (Å²) in [5.74, 6) is 0.702. The number of aliphatic hydroxyl groups excluding tert-OH is 1. The van der Waals surface area contributed by atoms with Crippen molar-refractivity contribution in [3.8, 4) is 5.75 Å². The molecule has 1 aromatic heterocycles. The maximum atomic E-state index is 11.6. The smallest absolute Gasteiger partial charge is 0.336 e. The molecular weight excluding hydrogens is 280 g/mol. The summed E-state index contributed by atoms with van der Waals surface area (Å²) in [5, 5.41) is 13.2. The van der Waals surface area contributed by atoms with Crippen molar-refractivity contribution in [3.05, 3.63) is 52.4 Å². The molecular formula is C18H16O4. The second kappa shape index (κ2) is 4.34. The number of fused-ring (bicyclic) bond motifs is 6. The van der Waals surface area contributed by atoms with Gasteiger partial charge in [-0.1, -0.05) is 24.3 Å². The van der Waals surface area contributed by atoms with E-state index in [1.807, 2.05) is 38.1 Å². The lowest BCUT2D eigenvalue weighted by Crippen LogP contribution is -2.46. The zero-order valence-corrected chi connectivity index (χ0v) is 12.4. The molecule has 3 aromatic rings. The summed E-state index contributed by atoms with van der Waals surface area (Å²) in [6.07, 6.45) is -0.258. The molecule has 1 atom stereocenters. The summed E-state index contributed by atoms with van der Waals surface area (Å²) in [7, 11) is 0. The van der Waals surface area contributed by atoms with Gasteiger partial charge in [0.15, 0.2) is 0 Å². The van der Waals surface area contributed by atoms with Crippen LogP contribution in [0.3, 0.4) is 0 Å². The van der Waals surface area contributed by atoms with Crippen LogP contribution in [0.2, 0.25) is 0 Å². The fraction of sp³-hybridized carbons (Fsp3) is 0.278. The van der Waals surface area contributed by atoms with Gasteiger partial charge >= 0.3 is 5.63 Å². The zero-order chi connectivity index (χ0) is 15.5. The third-order valence-electron chi connectivity index (χ3n) is 4.41. The van der Waals surface area contributed by atoms with Crippen molar-refractivity contribution in [2.24, 2.45) is 0 Å². The average Bonchev–Trinajstić information content (AvgIpc) is 2.49. The number of hydrogen-bond acceptors (Lipinski definition) is 4. The molecule has 22 heavy (non-hydrogen) atoms. The summed E-state index contributed by atoms with van der Waals surface area (Å²) in [4.78, 5) is 11.6. The van der Waals surface area contributed by atoms with Crippen molar-refractivity contribution in [2.45, 2.75) is 32.0 Å². The Hall–Kier alpha value is -2.33. The first kappa shape index (κ1) is 13.3. The Kier molecular flexibility index (Phi) is 2.63. The van der Waals surface area contributed by atoms with Crippen LogP contribution in [0.15, 0.2) is 45.6 Å². The lowest BCUT2D eigenvalue weighted by atomic mass is 9.88. The van der Waals surface area contributed by atoms with Gasteiger partial charge in [-0.25, -0.2) is 4.79 Å². The molecule has 1 aliphatic rings. The zero-order valence-electron chi connectivity index (χ0n) is 12.4. The van der Waals surface area contributed by atoms with Gasteiger partial charge in [-0.05, 0) is 25.3 Å². The van der Waals surface area contributed by atoms with Gasteiger partial charge in [-0.2, -0.15) is 0 Å². The second-order valence-electron chi connectivity index (χ2n) is 6.28. The fourth-order valence-electron chi connectivity index (χ4n) is 3.11. The normalized spacial score (nSPS) is 19.9. The predicted octanol–water partition coefficient (Wildman–Crippen LogP) is 3.02. The van der Waals surface area contributed by atoms with E-state index >= 15 is 0 Å². The van der Waals surface area contributed by atoms with E-state index in [0.717, 1.165) is 21.7 Å². The van der Waals surface area contributed by atoms with Crippen LogP contribution in [0.25, 0.3) is 21.7 Å². The topological polar surface area (TPSA) is 59.7 Å². The highest BCUT2D eigenvalue weighted by Gasteiger charge is 2.38. The molecule has 2 heterocycles. The third kappa shape index (κ3) is 1.77. The Morgan fingerprint density at radius 3 is 2.59 bits per heavy atom.